The van der Waals surface area contributed by atoms with Crippen LogP contribution >= 0.6 is 0 Å². The van der Waals surface area contributed by atoms with Gasteiger partial charge in [0.25, 0.3) is 0 Å². The standard InChI is InChI=1S/C26H50N2O2/c1-6-7-16-28-26(30)23(18-21(4)5)19-24(29)15-14-22-12-8-9-13-25(22)27-17-10-11-20(2)3/h20,22-25,27,29H,4,6-19H2,1-3,5H3,(H,28,30). The molecule has 0 saturated heterocycles. The van der Waals surface area contributed by atoms with E-state index in [-0.39, 0.29) is 11.8 Å². The first kappa shape index (κ1) is 27.2. The normalized spacial score (nSPS) is 21.4. The average molecular weight is 423 g/mol. The van der Waals surface area contributed by atoms with Crippen LogP contribution in [0, 0.1) is 17.8 Å². The van der Waals surface area contributed by atoms with Crippen LogP contribution in [0.15, 0.2) is 12.2 Å². The number of amides is 1. The molecule has 176 valence electrons. The summed E-state index contributed by atoms with van der Waals surface area (Å²) < 4.78 is 0. The molecule has 1 amide bonds. The van der Waals surface area contributed by atoms with Crippen LogP contribution in [-0.2, 0) is 4.79 Å². The zero-order valence-electron chi connectivity index (χ0n) is 20.3. The van der Waals surface area contributed by atoms with Gasteiger partial charge in [0.1, 0.15) is 0 Å². The molecule has 3 N–H and O–H groups in total. The van der Waals surface area contributed by atoms with Crippen LogP contribution in [0.4, 0.5) is 0 Å². The molecule has 1 fully saturated rings. The summed E-state index contributed by atoms with van der Waals surface area (Å²) >= 11 is 0. The average Bonchev–Trinajstić information content (AvgIpc) is 2.69. The molecule has 4 nitrogen and oxygen atoms in total. The number of hydrogen-bond donors (Lipinski definition) is 3. The quantitative estimate of drug-likeness (QED) is 0.224. The number of rotatable bonds is 16. The number of aliphatic hydroxyl groups excluding tert-OH is 1. The van der Waals surface area contributed by atoms with Crippen molar-refractivity contribution in [3.8, 4) is 0 Å². The summed E-state index contributed by atoms with van der Waals surface area (Å²) in [5, 5.41) is 17.6. The van der Waals surface area contributed by atoms with Gasteiger partial charge in [-0.05, 0) is 83.1 Å². The van der Waals surface area contributed by atoms with Crippen molar-refractivity contribution in [3.05, 3.63) is 12.2 Å². The highest BCUT2D eigenvalue weighted by Crippen LogP contribution is 2.30. The van der Waals surface area contributed by atoms with Crippen molar-refractivity contribution in [2.75, 3.05) is 13.1 Å². The Bertz CT molecular complexity index is 478. The number of carbonyl (C=O) groups is 1. The number of unbranched alkanes of at least 4 members (excludes halogenated alkanes) is 1. The van der Waals surface area contributed by atoms with Crippen molar-refractivity contribution in [1.82, 2.24) is 10.6 Å². The van der Waals surface area contributed by atoms with Crippen LogP contribution < -0.4 is 10.6 Å². The van der Waals surface area contributed by atoms with Crippen molar-refractivity contribution < 1.29 is 9.90 Å². The van der Waals surface area contributed by atoms with Crippen LogP contribution in [0.2, 0.25) is 0 Å². The zero-order valence-corrected chi connectivity index (χ0v) is 20.3. The summed E-state index contributed by atoms with van der Waals surface area (Å²) in [5.41, 5.74) is 1.01. The maximum Gasteiger partial charge on any atom is 0.223 e. The third-order valence-corrected chi connectivity index (χ3v) is 6.50. The van der Waals surface area contributed by atoms with E-state index in [0.29, 0.717) is 24.8 Å². The Labute approximate surface area is 186 Å². The molecule has 0 spiro atoms. The second kappa shape index (κ2) is 15.9. The van der Waals surface area contributed by atoms with E-state index in [4.69, 9.17) is 0 Å². The Morgan fingerprint density at radius 2 is 1.87 bits per heavy atom. The number of carbonyl (C=O) groups excluding carboxylic acids is 1. The highest BCUT2D eigenvalue weighted by molar-refractivity contribution is 5.78. The molecule has 1 aliphatic rings. The Morgan fingerprint density at radius 1 is 1.13 bits per heavy atom. The molecule has 0 aromatic carbocycles. The smallest absolute Gasteiger partial charge is 0.223 e. The maximum absolute atomic E-state index is 12.6. The SMILES string of the molecule is C=C(C)CC(CC(O)CCC1CCCCC1NCCCC(C)C)C(=O)NCCCC. The highest BCUT2D eigenvalue weighted by Gasteiger charge is 2.27. The minimum absolute atomic E-state index is 0.0767. The van der Waals surface area contributed by atoms with Crippen LogP contribution in [-0.4, -0.2) is 36.2 Å². The van der Waals surface area contributed by atoms with Gasteiger partial charge in [0.15, 0.2) is 0 Å². The molecule has 0 radical (unpaired) electrons. The minimum atomic E-state index is -0.408. The van der Waals surface area contributed by atoms with Crippen molar-refractivity contribution in [1.29, 1.82) is 0 Å². The first-order chi connectivity index (χ1) is 14.3. The van der Waals surface area contributed by atoms with E-state index in [1.807, 2.05) is 6.92 Å². The molecule has 0 aliphatic heterocycles. The highest BCUT2D eigenvalue weighted by atomic mass is 16.3. The molecule has 30 heavy (non-hydrogen) atoms. The van der Waals surface area contributed by atoms with Gasteiger partial charge in [-0.25, -0.2) is 0 Å². The zero-order chi connectivity index (χ0) is 22.4. The predicted molar refractivity (Wildman–Crippen MR) is 129 cm³/mol. The summed E-state index contributed by atoms with van der Waals surface area (Å²) in [6, 6.07) is 0.599. The number of hydrogen-bond acceptors (Lipinski definition) is 3. The molecule has 1 saturated carbocycles. The second-order valence-electron chi connectivity index (χ2n) is 10.1. The topological polar surface area (TPSA) is 61.4 Å². The molecular weight excluding hydrogens is 372 g/mol. The monoisotopic (exact) mass is 422 g/mol. The Hall–Kier alpha value is -0.870. The summed E-state index contributed by atoms with van der Waals surface area (Å²) in [6.07, 6.45) is 12.4. The lowest BCUT2D eigenvalue weighted by Crippen LogP contribution is -2.39. The number of aliphatic hydroxyl groups is 1. The lowest BCUT2D eigenvalue weighted by Gasteiger charge is -2.33. The van der Waals surface area contributed by atoms with Crippen molar-refractivity contribution in [2.45, 2.75) is 117 Å². The summed E-state index contributed by atoms with van der Waals surface area (Å²) in [6.45, 7) is 14.5. The molecule has 0 heterocycles. The van der Waals surface area contributed by atoms with Crippen LogP contribution in [0.3, 0.4) is 0 Å². The Balaban J connectivity index is 2.45. The van der Waals surface area contributed by atoms with Gasteiger partial charge in [-0.15, -0.1) is 6.58 Å². The molecule has 0 bridgehead atoms. The third-order valence-electron chi connectivity index (χ3n) is 6.50. The summed E-state index contributed by atoms with van der Waals surface area (Å²) in [7, 11) is 0. The van der Waals surface area contributed by atoms with Crippen molar-refractivity contribution in [3.63, 3.8) is 0 Å². The van der Waals surface area contributed by atoms with Gasteiger partial charge in [-0.3, -0.25) is 4.79 Å². The summed E-state index contributed by atoms with van der Waals surface area (Å²) in [4.78, 5) is 12.6. The fourth-order valence-corrected chi connectivity index (χ4v) is 4.71. The molecule has 4 atom stereocenters. The van der Waals surface area contributed by atoms with Crippen LogP contribution in [0.25, 0.3) is 0 Å². The van der Waals surface area contributed by atoms with E-state index < -0.39 is 6.10 Å². The number of allylic oxidation sites excluding steroid dienone is 1. The van der Waals surface area contributed by atoms with E-state index >= 15 is 0 Å². The fourth-order valence-electron chi connectivity index (χ4n) is 4.71. The summed E-state index contributed by atoms with van der Waals surface area (Å²) in [5.74, 6) is 1.35. The van der Waals surface area contributed by atoms with E-state index in [9.17, 15) is 9.90 Å². The van der Waals surface area contributed by atoms with Gasteiger partial charge in [0.2, 0.25) is 5.91 Å². The second-order valence-corrected chi connectivity index (χ2v) is 10.1. The van der Waals surface area contributed by atoms with Gasteiger partial charge >= 0.3 is 0 Å². The van der Waals surface area contributed by atoms with Crippen molar-refractivity contribution >= 4 is 5.91 Å². The van der Waals surface area contributed by atoms with E-state index in [0.717, 1.165) is 50.3 Å². The van der Waals surface area contributed by atoms with E-state index in [2.05, 4.69) is 38.0 Å². The first-order valence-corrected chi connectivity index (χ1v) is 12.7. The lowest BCUT2D eigenvalue weighted by molar-refractivity contribution is -0.126. The van der Waals surface area contributed by atoms with E-state index in [1.165, 1.54) is 38.5 Å². The Kier molecular flexibility index (Phi) is 14.4. The first-order valence-electron chi connectivity index (χ1n) is 12.7. The van der Waals surface area contributed by atoms with Gasteiger partial charge < -0.3 is 15.7 Å². The predicted octanol–water partition coefficient (Wildman–Crippen LogP) is 5.60. The van der Waals surface area contributed by atoms with Gasteiger partial charge in [-0.1, -0.05) is 45.6 Å². The number of nitrogens with one attached hydrogen (secondary N) is 2. The molecule has 1 rings (SSSR count). The molecule has 4 heteroatoms. The Morgan fingerprint density at radius 3 is 2.53 bits per heavy atom. The van der Waals surface area contributed by atoms with E-state index in [1.54, 1.807) is 0 Å². The molecule has 0 aromatic rings. The van der Waals surface area contributed by atoms with Gasteiger partial charge in [0.05, 0.1) is 6.10 Å². The fraction of sp³-hybridized carbons (Fsp3) is 0.885. The van der Waals surface area contributed by atoms with Gasteiger partial charge in [0, 0.05) is 18.5 Å². The minimum Gasteiger partial charge on any atom is -0.393 e. The van der Waals surface area contributed by atoms with Crippen LogP contribution in [0.5, 0.6) is 0 Å². The molecular formula is C26H50N2O2. The molecule has 4 unspecified atom stereocenters. The van der Waals surface area contributed by atoms with Gasteiger partial charge in [-0.2, -0.15) is 0 Å². The van der Waals surface area contributed by atoms with Crippen LogP contribution in [0.1, 0.15) is 105 Å². The largest absolute Gasteiger partial charge is 0.393 e. The maximum atomic E-state index is 12.6. The molecule has 1 aliphatic carbocycles. The molecule has 0 aromatic heterocycles. The van der Waals surface area contributed by atoms with Crippen molar-refractivity contribution in [2.24, 2.45) is 17.8 Å². The third kappa shape index (κ3) is 12.1. The lowest BCUT2D eigenvalue weighted by atomic mass is 9.80.